The highest BCUT2D eigenvalue weighted by Crippen LogP contribution is 2.46. The van der Waals surface area contributed by atoms with Crippen molar-refractivity contribution in [3.05, 3.63) is 60.3 Å². The van der Waals surface area contributed by atoms with Gasteiger partial charge in [0.15, 0.2) is 5.82 Å². The fourth-order valence-electron chi connectivity index (χ4n) is 7.72. The lowest BCUT2D eigenvalue weighted by Crippen LogP contribution is -2.58. The van der Waals surface area contributed by atoms with Crippen LogP contribution in [0.5, 0.6) is 5.88 Å². The number of aromatic nitrogens is 3. The van der Waals surface area contributed by atoms with Crippen molar-refractivity contribution in [1.29, 1.82) is 0 Å². The zero-order chi connectivity index (χ0) is 41.0. The molecule has 2 aliphatic carbocycles. The molecule has 2 aliphatic heterocycles. The lowest BCUT2D eigenvalue weighted by atomic mass is 10.0. The van der Waals surface area contributed by atoms with Gasteiger partial charge in [0.25, 0.3) is 11.8 Å². The number of alkyl halides is 3. The number of amides is 4. The van der Waals surface area contributed by atoms with Gasteiger partial charge in [-0.15, -0.1) is 0 Å². The molecule has 3 fully saturated rings. The second-order valence-electron chi connectivity index (χ2n) is 15.3. The maximum absolute atomic E-state index is 14.4. The summed E-state index contributed by atoms with van der Waals surface area (Å²) >= 11 is 0. The average Bonchev–Trinajstić information content (AvgIpc) is 4.08. The lowest BCUT2D eigenvalue weighted by molar-refractivity contribution is -0.142. The number of allylic oxidation sites excluding steroid dienone is 1. The Balaban J connectivity index is 1.14. The van der Waals surface area contributed by atoms with Gasteiger partial charge in [-0.25, -0.2) is 18.4 Å². The molecule has 8 rings (SSSR count). The standard InChI is InChI=1S/C39H40F3N7O8S/c1-21(50)44-28-10-6-4-2-3-5-8-24-19-38(24,37(53)48-58(54,55)26-15-16-26)47-33(51)29-18-25(20-49(29)36(28)52)56-35-31-30(27-9-7-17-43-34(27)57-31)45-32(46-35)22-11-13-23(14-12-22)39(40,41)42/h5,7-9,11-14,17,24-26,28-29H,2-4,6,10,15-16,18-20H2,1H3,(H,44,50)(H,47,51)(H,48,53)/b8-5-/t24-,25+,28-,29-,38+/m0/s1. The minimum Gasteiger partial charge on any atom is -0.470 e. The minimum atomic E-state index is -4.57. The predicted octanol–water partition coefficient (Wildman–Crippen LogP) is 4.31. The molecule has 15 nitrogen and oxygen atoms in total. The van der Waals surface area contributed by atoms with Gasteiger partial charge in [-0.3, -0.25) is 23.9 Å². The molecule has 1 aromatic carbocycles. The molecule has 1 saturated heterocycles. The first-order valence-electron chi connectivity index (χ1n) is 19.1. The summed E-state index contributed by atoms with van der Waals surface area (Å²) in [4.78, 5) is 69.5. The van der Waals surface area contributed by atoms with Gasteiger partial charge in [-0.2, -0.15) is 18.2 Å². The van der Waals surface area contributed by atoms with Crippen LogP contribution in [0, 0.1) is 5.92 Å². The average molecular weight is 824 g/mol. The van der Waals surface area contributed by atoms with Crippen LogP contribution in [0.2, 0.25) is 0 Å². The van der Waals surface area contributed by atoms with Crippen molar-refractivity contribution in [1.82, 2.24) is 35.2 Å². The highest BCUT2D eigenvalue weighted by atomic mass is 32.2. The fraction of sp³-hybridized carbons (Fsp3) is 0.462. The SMILES string of the molecule is CC(=O)N[C@H]1CCCCC/C=C\[C@H]2C[C@@]2(C(=O)NS(=O)(=O)C2CC2)NC(=O)[C@@H]2C[C@@H](Oc3nc(-c4ccc(C(F)(F)F)cc4)nc4c3oc3ncccc34)CN2C1=O. The molecule has 0 radical (unpaired) electrons. The Morgan fingerprint density at radius 1 is 1.05 bits per heavy atom. The van der Waals surface area contributed by atoms with E-state index in [4.69, 9.17) is 9.15 Å². The Hall–Kier alpha value is -5.59. The van der Waals surface area contributed by atoms with E-state index in [1.807, 2.05) is 12.2 Å². The van der Waals surface area contributed by atoms with Crippen LogP contribution in [0.4, 0.5) is 13.2 Å². The number of sulfonamides is 1. The van der Waals surface area contributed by atoms with Crippen LogP contribution in [0.1, 0.15) is 70.3 Å². The number of hydrogen-bond acceptors (Lipinski definition) is 11. The zero-order valence-corrected chi connectivity index (χ0v) is 32.1. The van der Waals surface area contributed by atoms with Crippen LogP contribution < -0.4 is 20.1 Å². The number of fused-ring (bicyclic) bond motifs is 5. The molecule has 5 atom stereocenters. The number of nitrogens with zero attached hydrogens (tertiary/aromatic N) is 4. The number of carbonyl (C=O) groups is 4. The predicted molar refractivity (Wildman–Crippen MR) is 201 cm³/mol. The number of rotatable bonds is 7. The third kappa shape index (κ3) is 7.82. The number of furan rings is 1. The molecule has 58 heavy (non-hydrogen) atoms. The summed E-state index contributed by atoms with van der Waals surface area (Å²) in [5, 5.41) is 5.32. The van der Waals surface area contributed by atoms with Gasteiger partial charge in [0.2, 0.25) is 39.0 Å². The number of halogens is 3. The number of ether oxygens (including phenoxy) is 1. The van der Waals surface area contributed by atoms with E-state index in [0.717, 1.165) is 25.0 Å². The van der Waals surface area contributed by atoms with Crippen LogP contribution in [0.15, 0.2) is 59.2 Å². The first-order chi connectivity index (χ1) is 27.6. The summed E-state index contributed by atoms with van der Waals surface area (Å²) in [5.41, 5.74) is -1.69. The van der Waals surface area contributed by atoms with E-state index < -0.39 is 80.3 Å². The monoisotopic (exact) mass is 823 g/mol. The number of pyridine rings is 1. The van der Waals surface area contributed by atoms with Crippen molar-refractivity contribution in [3.63, 3.8) is 0 Å². The molecule has 0 unspecified atom stereocenters. The maximum atomic E-state index is 14.4. The van der Waals surface area contributed by atoms with E-state index in [-0.39, 0.29) is 53.5 Å². The number of nitrogens with one attached hydrogen (secondary N) is 3. The maximum Gasteiger partial charge on any atom is 0.416 e. The third-order valence-corrected chi connectivity index (χ3v) is 12.8. The number of carbonyl (C=O) groups excluding carboxylic acids is 4. The summed E-state index contributed by atoms with van der Waals surface area (Å²) in [6.45, 7) is 1.11. The van der Waals surface area contributed by atoms with Crippen LogP contribution in [0.3, 0.4) is 0 Å². The van der Waals surface area contributed by atoms with Gasteiger partial charge in [-0.1, -0.05) is 37.1 Å². The Labute approximate surface area is 330 Å². The molecule has 3 aromatic heterocycles. The van der Waals surface area contributed by atoms with Gasteiger partial charge in [0.05, 0.1) is 22.7 Å². The van der Waals surface area contributed by atoms with Gasteiger partial charge in [-0.05, 0) is 62.8 Å². The molecule has 19 heteroatoms. The molecule has 4 aromatic rings. The van der Waals surface area contributed by atoms with E-state index in [2.05, 4.69) is 30.3 Å². The van der Waals surface area contributed by atoms with E-state index >= 15 is 0 Å². The Kier molecular flexibility index (Phi) is 10.1. The highest BCUT2D eigenvalue weighted by molar-refractivity contribution is 7.91. The molecule has 3 N–H and O–H groups in total. The molecule has 2 saturated carbocycles. The van der Waals surface area contributed by atoms with Gasteiger partial charge in [0, 0.05) is 31.0 Å². The summed E-state index contributed by atoms with van der Waals surface area (Å²) in [6, 6.07) is 5.40. The molecule has 0 bridgehead atoms. The molecular weight excluding hydrogens is 784 g/mol. The molecular formula is C39H40F3N7O8S. The lowest BCUT2D eigenvalue weighted by Gasteiger charge is -2.29. The first-order valence-corrected chi connectivity index (χ1v) is 20.7. The number of benzene rings is 1. The molecule has 4 aliphatic rings. The van der Waals surface area contributed by atoms with Crippen molar-refractivity contribution < 1.29 is 49.9 Å². The van der Waals surface area contributed by atoms with E-state index in [9.17, 15) is 40.8 Å². The third-order valence-electron chi connectivity index (χ3n) is 11.0. The van der Waals surface area contributed by atoms with E-state index in [0.29, 0.717) is 37.5 Å². The molecule has 5 heterocycles. The van der Waals surface area contributed by atoms with Crippen LogP contribution in [0.25, 0.3) is 33.6 Å². The highest BCUT2D eigenvalue weighted by Gasteiger charge is 2.62. The Morgan fingerprint density at radius 3 is 2.55 bits per heavy atom. The van der Waals surface area contributed by atoms with Crippen molar-refractivity contribution in [2.24, 2.45) is 5.92 Å². The van der Waals surface area contributed by atoms with Crippen molar-refractivity contribution in [3.8, 4) is 17.3 Å². The van der Waals surface area contributed by atoms with Gasteiger partial charge in [0.1, 0.15) is 29.2 Å². The summed E-state index contributed by atoms with van der Waals surface area (Å²) in [7, 11) is -3.95. The Bertz CT molecular complexity index is 2440. The summed E-state index contributed by atoms with van der Waals surface area (Å²) in [6.07, 6.45) is 3.61. The Morgan fingerprint density at radius 2 is 1.83 bits per heavy atom. The van der Waals surface area contributed by atoms with Crippen LogP contribution in [-0.2, 0) is 35.4 Å². The van der Waals surface area contributed by atoms with E-state index in [1.54, 1.807) is 12.1 Å². The minimum absolute atomic E-state index is 0.0112. The normalized spacial score (nSPS) is 26.2. The van der Waals surface area contributed by atoms with Crippen LogP contribution in [-0.4, -0.2) is 87.4 Å². The van der Waals surface area contributed by atoms with Crippen LogP contribution >= 0.6 is 0 Å². The largest absolute Gasteiger partial charge is 0.470 e. The van der Waals surface area contributed by atoms with Gasteiger partial charge >= 0.3 is 6.18 Å². The van der Waals surface area contributed by atoms with E-state index in [1.165, 1.54) is 30.2 Å². The fourth-order valence-corrected chi connectivity index (χ4v) is 9.09. The summed E-state index contributed by atoms with van der Waals surface area (Å²) in [5.74, 6) is -3.19. The van der Waals surface area contributed by atoms with Gasteiger partial charge < -0.3 is 24.7 Å². The van der Waals surface area contributed by atoms with Crippen molar-refractivity contribution in [2.45, 2.75) is 99.9 Å². The summed E-state index contributed by atoms with van der Waals surface area (Å²) < 4.78 is 80.5. The first kappa shape index (κ1) is 39.2. The second kappa shape index (κ2) is 15.0. The van der Waals surface area contributed by atoms with Crippen molar-refractivity contribution in [2.75, 3.05) is 6.54 Å². The molecule has 0 spiro atoms. The molecule has 306 valence electrons. The topological polar surface area (TPSA) is 203 Å². The quantitative estimate of drug-likeness (QED) is 0.224. The molecule has 4 amide bonds. The number of hydrogen-bond donors (Lipinski definition) is 3. The van der Waals surface area contributed by atoms with Crippen molar-refractivity contribution >= 4 is 55.9 Å². The zero-order valence-electron chi connectivity index (χ0n) is 31.3. The second-order valence-corrected chi connectivity index (χ2v) is 17.3. The smallest absolute Gasteiger partial charge is 0.416 e.